The van der Waals surface area contributed by atoms with Crippen LogP contribution in [0.25, 0.3) is 5.82 Å². The predicted molar refractivity (Wildman–Crippen MR) is 66.0 cm³/mol. The van der Waals surface area contributed by atoms with Crippen molar-refractivity contribution >= 4 is 22.6 Å². The summed E-state index contributed by atoms with van der Waals surface area (Å²) in [7, 11) is 0. The smallest absolute Gasteiger partial charge is 0.157 e. The second-order valence-corrected chi connectivity index (χ2v) is 4.49. The van der Waals surface area contributed by atoms with Crippen molar-refractivity contribution in [2.24, 2.45) is 0 Å². The Bertz CT molecular complexity index is 478. The summed E-state index contributed by atoms with van der Waals surface area (Å²) in [5.41, 5.74) is 0.974. The zero-order valence-electron chi connectivity index (χ0n) is 8.61. The minimum Gasteiger partial charge on any atom is -0.238 e. The van der Waals surface area contributed by atoms with Gasteiger partial charge >= 0.3 is 0 Å². The highest BCUT2D eigenvalue weighted by Gasteiger charge is 2.03. The van der Waals surface area contributed by atoms with Crippen molar-refractivity contribution < 1.29 is 0 Å². The van der Waals surface area contributed by atoms with Gasteiger partial charge in [-0.1, -0.05) is 6.92 Å². The summed E-state index contributed by atoms with van der Waals surface area (Å²) in [6.07, 6.45) is 4.60. The molecule has 0 aliphatic carbocycles. The van der Waals surface area contributed by atoms with Crippen molar-refractivity contribution in [3.8, 4) is 5.82 Å². The van der Waals surface area contributed by atoms with Crippen molar-refractivity contribution in [3.05, 3.63) is 33.5 Å². The highest BCUT2D eigenvalue weighted by atomic mass is 127. The maximum Gasteiger partial charge on any atom is 0.157 e. The van der Waals surface area contributed by atoms with Gasteiger partial charge in [0.1, 0.15) is 5.82 Å². The molecule has 4 nitrogen and oxygen atoms in total. The van der Waals surface area contributed by atoms with E-state index in [-0.39, 0.29) is 0 Å². The first-order valence-electron chi connectivity index (χ1n) is 4.74. The van der Waals surface area contributed by atoms with Crippen molar-refractivity contribution in [3.63, 3.8) is 0 Å². The maximum atomic E-state index is 4.42. The Morgan fingerprint density at radius 3 is 2.80 bits per heavy atom. The van der Waals surface area contributed by atoms with Crippen LogP contribution in [-0.4, -0.2) is 19.7 Å². The van der Waals surface area contributed by atoms with E-state index >= 15 is 0 Å². The molecule has 0 fully saturated rings. The Hall–Kier alpha value is -0.980. The van der Waals surface area contributed by atoms with Gasteiger partial charge in [0.05, 0.1) is 9.77 Å². The monoisotopic (exact) mass is 314 g/mol. The molecule has 0 aliphatic heterocycles. The first kappa shape index (κ1) is 10.5. The standard InChI is InChI=1S/C10H11IN4/c1-3-9-13-7(2)4-10(14-9)15-6-8(11)5-12-15/h4-6H,3H2,1-2H3. The topological polar surface area (TPSA) is 43.6 Å². The number of hydrogen-bond donors (Lipinski definition) is 0. The molecule has 0 aromatic carbocycles. The van der Waals surface area contributed by atoms with Crippen molar-refractivity contribution in [1.82, 2.24) is 19.7 Å². The fourth-order valence-electron chi connectivity index (χ4n) is 1.31. The molecule has 0 saturated heterocycles. The summed E-state index contributed by atoms with van der Waals surface area (Å²) in [4.78, 5) is 8.75. The van der Waals surface area contributed by atoms with E-state index in [0.29, 0.717) is 0 Å². The molecule has 0 aliphatic rings. The minimum atomic E-state index is 0.835. The van der Waals surface area contributed by atoms with Crippen molar-refractivity contribution in [1.29, 1.82) is 0 Å². The van der Waals surface area contributed by atoms with Crippen LogP contribution in [-0.2, 0) is 6.42 Å². The van der Waals surface area contributed by atoms with E-state index in [1.807, 2.05) is 32.3 Å². The Kier molecular flexibility index (Phi) is 2.99. The molecular formula is C10H11IN4. The van der Waals surface area contributed by atoms with Crippen LogP contribution >= 0.6 is 22.6 Å². The lowest BCUT2D eigenvalue weighted by molar-refractivity contribution is 0.805. The number of aryl methyl sites for hydroxylation is 2. The predicted octanol–water partition coefficient (Wildman–Crippen LogP) is 2.14. The third-order valence-electron chi connectivity index (χ3n) is 1.99. The van der Waals surface area contributed by atoms with Crippen LogP contribution in [0.3, 0.4) is 0 Å². The van der Waals surface area contributed by atoms with Gasteiger partial charge in [-0.3, -0.25) is 0 Å². The van der Waals surface area contributed by atoms with E-state index in [9.17, 15) is 0 Å². The van der Waals surface area contributed by atoms with Crippen LogP contribution in [0.1, 0.15) is 18.4 Å². The van der Waals surface area contributed by atoms with Crippen LogP contribution < -0.4 is 0 Å². The highest BCUT2D eigenvalue weighted by Crippen LogP contribution is 2.09. The molecule has 0 unspecified atom stereocenters. The summed E-state index contributed by atoms with van der Waals surface area (Å²) < 4.78 is 2.87. The van der Waals surface area contributed by atoms with Gasteiger partial charge < -0.3 is 0 Å². The lowest BCUT2D eigenvalue weighted by Crippen LogP contribution is -2.04. The van der Waals surface area contributed by atoms with E-state index in [1.54, 1.807) is 4.68 Å². The van der Waals surface area contributed by atoms with Gasteiger partial charge in [0.2, 0.25) is 0 Å². The molecule has 15 heavy (non-hydrogen) atoms. The van der Waals surface area contributed by atoms with E-state index in [2.05, 4.69) is 37.7 Å². The summed E-state index contributed by atoms with van der Waals surface area (Å²) >= 11 is 2.23. The third kappa shape index (κ3) is 2.34. The van der Waals surface area contributed by atoms with E-state index in [0.717, 1.165) is 27.3 Å². The average molecular weight is 314 g/mol. The summed E-state index contributed by atoms with van der Waals surface area (Å²) in [6.45, 7) is 4.02. The normalized spacial score (nSPS) is 10.6. The molecule has 0 N–H and O–H groups in total. The van der Waals surface area contributed by atoms with Gasteiger partial charge in [-0.25, -0.2) is 14.6 Å². The van der Waals surface area contributed by atoms with Crippen LogP contribution in [0.4, 0.5) is 0 Å². The molecule has 78 valence electrons. The molecular weight excluding hydrogens is 303 g/mol. The van der Waals surface area contributed by atoms with Gasteiger partial charge in [-0.05, 0) is 29.5 Å². The molecule has 0 radical (unpaired) electrons. The third-order valence-corrected chi connectivity index (χ3v) is 2.55. The van der Waals surface area contributed by atoms with Crippen molar-refractivity contribution in [2.45, 2.75) is 20.3 Å². The van der Waals surface area contributed by atoms with Crippen LogP contribution in [0.2, 0.25) is 0 Å². The Balaban J connectivity index is 2.48. The SMILES string of the molecule is CCc1nc(C)cc(-n2cc(I)cn2)n1. The molecule has 0 saturated carbocycles. The molecule has 5 heteroatoms. The van der Waals surface area contributed by atoms with E-state index in [1.165, 1.54) is 0 Å². The molecule has 2 heterocycles. The zero-order chi connectivity index (χ0) is 10.8. The second kappa shape index (κ2) is 4.26. The fraction of sp³-hybridized carbons (Fsp3) is 0.300. The van der Waals surface area contributed by atoms with Crippen molar-refractivity contribution in [2.75, 3.05) is 0 Å². The Labute approximate surface area is 102 Å². The van der Waals surface area contributed by atoms with E-state index in [4.69, 9.17) is 0 Å². The molecule has 2 aromatic heterocycles. The molecule has 0 bridgehead atoms. The molecule has 0 amide bonds. The molecule has 0 atom stereocenters. The quantitative estimate of drug-likeness (QED) is 0.798. The molecule has 2 rings (SSSR count). The van der Waals surface area contributed by atoms with Gasteiger partial charge in [0, 0.05) is 24.4 Å². The summed E-state index contributed by atoms with van der Waals surface area (Å²) in [6, 6.07) is 1.93. The zero-order valence-corrected chi connectivity index (χ0v) is 10.8. The lowest BCUT2D eigenvalue weighted by atomic mass is 10.4. The number of nitrogens with zero attached hydrogens (tertiary/aromatic N) is 4. The molecule has 0 spiro atoms. The average Bonchev–Trinajstić information content (AvgIpc) is 2.64. The summed E-state index contributed by atoms with van der Waals surface area (Å²) in [5, 5.41) is 4.22. The van der Waals surface area contributed by atoms with Gasteiger partial charge in [-0.15, -0.1) is 0 Å². The highest BCUT2D eigenvalue weighted by molar-refractivity contribution is 14.1. The van der Waals surface area contributed by atoms with Gasteiger partial charge in [0.15, 0.2) is 5.82 Å². The minimum absolute atomic E-state index is 0.835. The number of rotatable bonds is 2. The number of hydrogen-bond acceptors (Lipinski definition) is 3. The Morgan fingerprint density at radius 1 is 1.40 bits per heavy atom. The van der Waals surface area contributed by atoms with Gasteiger partial charge in [0.25, 0.3) is 0 Å². The largest absolute Gasteiger partial charge is 0.238 e. The second-order valence-electron chi connectivity index (χ2n) is 3.24. The van der Waals surface area contributed by atoms with Crippen LogP contribution in [0, 0.1) is 10.5 Å². The van der Waals surface area contributed by atoms with Crippen LogP contribution in [0.15, 0.2) is 18.5 Å². The number of aromatic nitrogens is 4. The Morgan fingerprint density at radius 2 is 2.20 bits per heavy atom. The number of halogens is 1. The van der Waals surface area contributed by atoms with Gasteiger partial charge in [-0.2, -0.15) is 5.10 Å². The van der Waals surface area contributed by atoms with E-state index < -0.39 is 0 Å². The maximum absolute atomic E-state index is 4.42. The fourth-order valence-corrected chi connectivity index (χ4v) is 1.70. The first-order chi connectivity index (χ1) is 7.19. The van der Waals surface area contributed by atoms with Crippen LogP contribution in [0.5, 0.6) is 0 Å². The lowest BCUT2D eigenvalue weighted by Gasteiger charge is -2.03. The first-order valence-corrected chi connectivity index (χ1v) is 5.82. The summed E-state index contributed by atoms with van der Waals surface area (Å²) in [5.74, 6) is 1.69. The molecule has 2 aromatic rings.